The Morgan fingerprint density at radius 2 is 1.68 bits per heavy atom. The van der Waals surface area contributed by atoms with Gasteiger partial charge in [-0.3, -0.25) is 10.4 Å². The SMILES string of the molecule is Clc1cc(Cl)c(N/N=C\c2cnc3ccccc3n2)c(Cl)c1. The van der Waals surface area contributed by atoms with E-state index in [1.807, 2.05) is 24.3 Å². The van der Waals surface area contributed by atoms with E-state index >= 15 is 0 Å². The topological polar surface area (TPSA) is 50.2 Å². The maximum absolute atomic E-state index is 6.06. The van der Waals surface area contributed by atoms with Crippen molar-refractivity contribution >= 4 is 57.7 Å². The zero-order valence-electron chi connectivity index (χ0n) is 11.1. The minimum absolute atomic E-state index is 0.388. The van der Waals surface area contributed by atoms with Gasteiger partial charge >= 0.3 is 0 Å². The maximum Gasteiger partial charge on any atom is 0.102 e. The Kier molecular flexibility index (Phi) is 4.43. The number of benzene rings is 2. The van der Waals surface area contributed by atoms with E-state index in [4.69, 9.17) is 34.8 Å². The average Bonchev–Trinajstić information content (AvgIpc) is 2.49. The fourth-order valence-corrected chi connectivity index (χ4v) is 2.75. The minimum Gasteiger partial charge on any atom is -0.275 e. The van der Waals surface area contributed by atoms with Gasteiger partial charge in [0.05, 0.1) is 39.2 Å². The van der Waals surface area contributed by atoms with Crippen LogP contribution in [0.1, 0.15) is 5.69 Å². The first-order valence-corrected chi connectivity index (χ1v) is 7.42. The molecule has 22 heavy (non-hydrogen) atoms. The van der Waals surface area contributed by atoms with Crippen LogP contribution in [-0.4, -0.2) is 16.2 Å². The number of fused-ring (bicyclic) bond motifs is 1. The number of hydrazone groups is 1. The zero-order valence-corrected chi connectivity index (χ0v) is 13.4. The van der Waals surface area contributed by atoms with Gasteiger partial charge in [0.1, 0.15) is 5.69 Å². The van der Waals surface area contributed by atoms with Crippen LogP contribution in [0.3, 0.4) is 0 Å². The number of anilines is 1. The number of para-hydroxylation sites is 2. The fourth-order valence-electron chi connectivity index (χ4n) is 1.85. The Morgan fingerprint density at radius 3 is 2.41 bits per heavy atom. The van der Waals surface area contributed by atoms with E-state index in [0.717, 1.165) is 11.0 Å². The maximum atomic E-state index is 6.06. The summed E-state index contributed by atoms with van der Waals surface area (Å²) in [5.41, 5.74) is 5.52. The van der Waals surface area contributed by atoms with E-state index in [9.17, 15) is 0 Å². The number of nitrogens with zero attached hydrogens (tertiary/aromatic N) is 3. The van der Waals surface area contributed by atoms with E-state index in [0.29, 0.717) is 26.4 Å². The van der Waals surface area contributed by atoms with Crippen molar-refractivity contribution in [3.8, 4) is 0 Å². The molecule has 0 atom stereocenters. The summed E-state index contributed by atoms with van der Waals surface area (Å²) in [6.45, 7) is 0. The van der Waals surface area contributed by atoms with Crippen molar-refractivity contribution < 1.29 is 0 Å². The van der Waals surface area contributed by atoms with Gasteiger partial charge in [0.25, 0.3) is 0 Å². The molecule has 1 N–H and O–H groups in total. The second kappa shape index (κ2) is 6.48. The van der Waals surface area contributed by atoms with Crippen molar-refractivity contribution in [3.05, 3.63) is 63.4 Å². The second-order valence-corrected chi connectivity index (χ2v) is 5.65. The molecule has 0 aliphatic rings. The van der Waals surface area contributed by atoms with E-state index < -0.39 is 0 Å². The lowest BCUT2D eigenvalue weighted by molar-refractivity contribution is 1.26. The van der Waals surface area contributed by atoms with Crippen molar-refractivity contribution in [2.45, 2.75) is 0 Å². The molecule has 0 aliphatic heterocycles. The number of rotatable bonds is 3. The molecule has 0 saturated carbocycles. The molecule has 0 radical (unpaired) electrons. The molecule has 4 nitrogen and oxygen atoms in total. The lowest BCUT2D eigenvalue weighted by atomic mass is 10.3. The molecule has 3 rings (SSSR count). The molecule has 0 fully saturated rings. The summed E-state index contributed by atoms with van der Waals surface area (Å²) in [7, 11) is 0. The number of hydrogen-bond acceptors (Lipinski definition) is 4. The molecule has 0 saturated heterocycles. The van der Waals surface area contributed by atoms with Gasteiger partial charge in [-0.2, -0.15) is 5.10 Å². The molecule has 0 spiro atoms. The monoisotopic (exact) mass is 350 g/mol. The molecule has 0 aliphatic carbocycles. The fraction of sp³-hybridized carbons (Fsp3) is 0. The quantitative estimate of drug-likeness (QED) is 0.531. The third-order valence-corrected chi connectivity index (χ3v) is 3.66. The van der Waals surface area contributed by atoms with Crippen molar-refractivity contribution in [1.29, 1.82) is 0 Å². The highest BCUT2D eigenvalue weighted by molar-refractivity contribution is 6.41. The molecular weight excluding hydrogens is 343 g/mol. The first-order valence-electron chi connectivity index (χ1n) is 6.29. The van der Waals surface area contributed by atoms with Crippen molar-refractivity contribution in [2.75, 3.05) is 5.43 Å². The highest BCUT2D eigenvalue weighted by atomic mass is 35.5. The Balaban J connectivity index is 1.82. The van der Waals surface area contributed by atoms with Gasteiger partial charge < -0.3 is 0 Å². The molecule has 7 heteroatoms. The number of aromatic nitrogens is 2. The van der Waals surface area contributed by atoms with Crippen LogP contribution in [-0.2, 0) is 0 Å². The lowest BCUT2D eigenvalue weighted by Crippen LogP contribution is -1.96. The highest BCUT2D eigenvalue weighted by Gasteiger charge is 2.06. The van der Waals surface area contributed by atoms with Crippen LogP contribution in [0.5, 0.6) is 0 Å². The summed E-state index contributed by atoms with van der Waals surface area (Å²) < 4.78 is 0. The highest BCUT2D eigenvalue weighted by Crippen LogP contribution is 2.33. The Bertz CT molecular complexity index is 841. The van der Waals surface area contributed by atoms with Crippen LogP contribution in [0.15, 0.2) is 47.7 Å². The number of nitrogens with one attached hydrogen (secondary N) is 1. The third kappa shape index (κ3) is 3.30. The summed E-state index contributed by atoms with van der Waals surface area (Å²) >= 11 is 18.0. The van der Waals surface area contributed by atoms with Gasteiger partial charge in [-0.1, -0.05) is 46.9 Å². The Labute approximate surface area is 141 Å². The standard InChI is InChI=1S/C15H9Cl3N4/c16-9-5-11(17)15(12(18)6-9)22-20-8-10-7-19-13-3-1-2-4-14(13)21-10/h1-8,22H/b20-8-. The third-order valence-electron chi connectivity index (χ3n) is 2.85. The molecule has 1 aromatic heterocycles. The molecule has 110 valence electrons. The molecular formula is C15H9Cl3N4. The Morgan fingerprint density at radius 1 is 1.00 bits per heavy atom. The lowest BCUT2D eigenvalue weighted by Gasteiger charge is -2.06. The van der Waals surface area contributed by atoms with Crippen LogP contribution < -0.4 is 5.43 Å². The summed E-state index contributed by atoms with van der Waals surface area (Å²) in [4.78, 5) is 8.73. The number of hydrogen-bond donors (Lipinski definition) is 1. The van der Waals surface area contributed by atoms with Gasteiger partial charge in [-0.25, -0.2) is 4.98 Å². The van der Waals surface area contributed by atoms with Crippen molar-refractivity contribution in [1.82, 2.24) is 9.97 Å². The van der Waals surface area contributed by atoms with Gasteiger partial charge in [0.15, 0.2) is 0 Å². The van der Waals surface area contributed by atoms with E-state index in [1.54, 1.807) is 24.5 Å². The summed E-state index contributed by atoms with van der Waals surface area (Å²) in [5.74, 6) is 0. The second-order valence-electron chi connectivity index (χ2n) is 4.40. The molecule has 0 amide bonds. The van der Waals surface area contributed by atoms with Crippen LogP contribution >= 0.6 is 34.8 Å². The van der Waals surface area contributed by atoms with Gasteiger partial charge in [-0.05, 0) is 24.3 Å². The Hall–Kier alpha value is -1.88. The molecule has 3 aromatic rings. The molecule has 2 aromatic carbocycles. The largest absolute Gasteiger partial charge is 0.275 e. The predicted octanol–water partition coefficient (Wildman–Crippen LogP) is 5.04. The minimum atomic E-state index is 0.388. The van der Waals surface area contributed by atoms with Gasteiger partial charge in [-0.15, -0.1) is 0 Å². The summed E-state index contributed by atoms with van der Waals surface area (Å²) in [6, 6.07) is 10.8. The van der Waals surface area contributed by atoms with Crippen LogP contribution in [0.4, 0.5) is 5.69 Å². The van der Waals surface area contributed by atoms with Crippen LogP contribution in [0.2, 0.25) is 15.1 Å². The predicted molar refractivity (Wildman–Crippen MR) is 92.2 cm³/mol. The zero-order chi connectivity index (χ0) is 15.5. The summed E-state index contributed by atoms with van der Waals surface area (Å²) in [6.07, 6.45) is 3.18. The van der Waals surface area contributed by atoms with Crippen LogP contribution in [0.25, 0.3) is 11.0 Å². The van der Waals surface area contributed by atoms with Crippen molar-refractivity contribution in [2.24, 2.45) is 5.10 Å². The van der Waals surface area contributed by atoms with E-state index in [-0.39, 0.29) is 0 Å². The first kappa shape index (κ1) is 15.0. The molecule has 1 heterocycles. The van der Waals surface area contributed by atoms with Crippen molar-refractivity contribution in [3.63, 3.8) is 0 Å². The smallest absolute Gasteiger partial charge is 0.102 e. The van der Waals surface area contributed by atoms with E-state index in [1.165, 1.54) is 0 Å². The van der Waals surface area contributed by atoms with Gasteiger partial charge in [0, 0.05) is 5.02 Å². The molecule has 0 unspecified atom stereocenters. The summed E-state index contributed by atoms with van der Waals surface area (Å²) in [5, 5.41) is 5.32. The van der Waals surface area contributed by atoms with Gasteiger partial charge in [0.2, 0.25) is 0 Å². The average molecular weight is 352 g/mol. The molecule has 0 bridgehead atoms. The normalized spacial score (nSPS) is 11.2. The van der Waals surface area contributed by atoms with E-state index in [2.05, 4.69) is 20.5 Å². The number of halogens is 3. The van der Waals surface area contributed by atoms with Crippen LogP contribution in [0, 0.1) is 0 Å². The first-order chi connectivity index (χ1) is 10.6.